The first kappa shape index (κ1) is 15.5. The van der Waals surface area contributed by atoms with Crippen molar-refractivity contribution in [1.82, 2.24) is 5.32 Å². The number of rotatable bonds is 4. The molecular weight excluding hydrogens is 266 g/mol. The molecule has 0 unspecified atom stereocenters. The van der Waals surface area contributed by atoms with Crippen molar-refractivity contribution >= 4 is 23.5 Å². The van der Waals surface area contributed by atoms with E-state index in [4.69, 9.17) is 11.6 Å². The number of amides is 1. The van der Waals surface area contributed by atoms with Gasteiger partial charge in [-0.25, -0.2) is 0 Å². The van der Waals surface area contributed by atoms with Crippen LogP contribution in [-0.2, 0) is 9.59 Å². The van der Waals surface area contributed by atoms with Crippen molar-refractivity contribution in [2.24, 2.45) is 5.41 Å². The fraction of sp³-hybridized carbons (Fsp3) is 0.429. The van der Waals surface area contributed by atoms with Gasteiger partial charge in [-0.15, -0.1) is 0 Å². The lowest BCUT2D eigenvalue weighted by Gasteiger charge is -2.25. The summed E-state index contributed by atoms with van der Waals surface area (Å²) in [7, 11) is 0. The molecule has 0 saturated carbocycles. The van der Waals surface area contributed by atoms with Gasteiger partial charge in [-0.3, -0.25) is 4.79 Å². The molecule has 0 spiro atoms. The molecule has 0 aliphatic carbocycles. The molecule has 1 amide bonds. The number of nitrogens with one attached hydrogen (secondary N) is 1. The Hall–Kier alpha value is -1.55. The topological polar surface area (TPSA) is 69.2 Å². The zero-order valence-electron chi connectivity index (χ0n) is 11.2. The van der Waals surface area contributed by atoms with Crippen molar-refractivity contribution in [3.05, 3.63) is 34.9 Å². The van der Waals surface area contributed by atoms with Crippen molar-refractivity contribution < 1.29 is 14.7 Å². The summed E-state index contributed by atoms with van der Waals surface area (Å²) in [4.78, 5) is 22.7. The molecule has 5 heteroatoms. The number of carbonyl (C=O) groups is 2. The Morgan fingerprint density at radius 1 is 1.26 bits per heavy atom. The fourth-order valence-electron chi connectivity index (χ4n) is 1.49. The third-order valence-electron chi connectivity index (χ3n) is 2.63. The highest BCUT2D eigenvalue weighted by molar-refractivity contribution is 6.30. The van der Waals surface area contributed by atoms with Gasteiger partial charge >= 0.3 is 0 Å². The molecule has 0 aliphatic heterocycles. The van der Waals surface area contributed by atoms with Crippen LogP contribution in [0, 0.1) is 5.41 Å². The van der Waals surface area contributed by atoms with Crippen LogP contribution >= 0.6 is 11.6 Å². The molecular formula is C14H17ClNO3-. The molecule has 1 atom stereocenters. The van der Waals surface area contributed by atoms with Gasteiger partial charge in [0.25, 0.3) is 0 Å². The fourth-order valence-corrected chi connectivity index (χ4v) is 1.61. The van der Waals surface area contributed by atoms with Crippen LogP contribution in [0.2, 0.25) is 5.02 Å². The Kier molecular flexibility index (Phi) is 4.95. The van der Waals surface area contributed by atoms with E-state index in [2.05, 4.69) is 5.32 Å². The smallest absolute Gasteiger partial charge is 0.225 e. The molecule has 0 bridgehead atoms. The third kappa shape index (κ3) is 4.91. The molecule has 4 nitrogen and oxygen atoms in total. The summed E-state index contributed by atoms with van der Waals surface area (Å²) in [6.45, 7) is 5.29. The minimum atomic E-state index is -1.21. The van der Waals surface area contributed by atoms with Crippen molar-refractivity contribution in [3.8, 4) is 0 Å². The van der Waals surface area contributed by atoms with Gasteiger partial charge in [0.15, 0.2) is 0 Å². The van der Waals surface area contributed by atoms with Crippen LogP contribution in [-0.4, -0.2) is 11.9 Å². The first-order valence-corrected chi connectivity index (χ1v) is 6.34. The van der Waals surface area contributed by atoms with Gasteiger partial charge in [-0.05, 0) is 17.7 Å². The van der Waals surface area contributed by atoms with Crippen LogP contribution in [0.15, 0.2) is 24.3 Å². The Morgan fingerprint density at radius 2 is 1.79 bits per heavy atom. The minimum Gasteiger partial charge on any atom is -0.550 e. The van der Waals surface area contributed by atoms with E-state index < -0.39 is 17.4 Å². The Bertz CT molecular complexity index is 463. The van der Waals surface area contributed by atoms with Crippen molar-refractivity contribution in [3.63, 3.8) is 0 Å². The number of carboxylic acids is 1. The minimum absolute atomic E-state index is 0.214. The van der Waals surface area contributed by atoms with Crippen molar-refractivity contribution in [2.45, 2.75) is 33.2 Å². The molecule has 104 valence electrons. The average Bonchev–Trinajstić information content (AvgIpc) is 2.27. The van der Waals surface area contributed by atoms with Crippen LogP contribution < -0.4 is 10.4 Å². The number of halogens is 1. The Morgan fingerprint density at radius 3 is 2.21 bits per heavy atom. The molecule has 0 fully saturated rings. The second kappa shape index (κ2) is 6.06. The summed E-state index contributed by atoms with van der Waals surface area (Å²) >= 11 is 5.78. The number of carboxylic acid groups (broad SMARTS) is 1. The molecule has 1 rings (SSSR count). The lowest BCUT2D eigenvalue weighted by atomic mass is 9.94. The maximum atomic E-state index is 11.9. The number of hydrogen-bond acceptors (Lipinski definition) is 3. The monoisotopic (exact) mass is 282 g/mol. The first-order valence-electron chi connectivity index (χ1n) is 5.96. The van der Waals surface area contributed by atoms with E-state index in [0.29, 0.717) is 10.6 Å². The first-order chi connectivity index (χ1) is 8.70. The lowest BCUT2D eigenvalue weighted by molar-refractivity contribution is -0.306. The number of carbonyl (C=O) groups excluding carboxylic acids is 2. The van der Waals surface area contributed by atoms with E-state index in [-0.39, 0.29) is 12.3 Å². The number of aliphatic carboxylic acids is 1. The predicted octanol–water partition coefficient (Wildman–Crippen LogP) is 1.68. The third-order valence-corrected chi connectivity index (χ3v) is 2.88. The average molecular weight is 283 g/mol. The van der Waals surface area contributed by atoms with Gasteiger partial charge in [0.05, 0.1) is 6.04 Å². The van der Waals surface area contributed by atoms with Crippen LogP contribution in [0.25, 0.3) is 0 Å². The van der Waals surface area contributed by atoms with Crippen molar-refractivity contribution in [1.29, 1.82) is 0 Å². The lowest BCUT2D eigenvalue weighted by Crippen LogP contribution is -2.39. The Balaban J connectivity index is 2.92. The SMILES string of the molecule is CC(C)(C)C(=O)N[C@H](CC(=O)[O-])c1ccc(Cl)cc1. The summed E-state index contributed by atoms with van der Waals surface area (Å²) in [5.41, 5.74) is 0.0996. The quantitative estimate of drug-likeness (QED) is 0.913. The maximum Gasteiger partial charge on any atom is 0.225 e. The number of hydrogen-bond donors (Lipinski definition) is 1. The molecule has 0 saturated heterocycles. The summed E-state index contributed by atoms with van der Waals surface area (Å²) in [5, 5.41) is 14.1. The van der Waals surface area contributed by atoms with Gasteiger partial charge in [0.1, 0.15) is 0 Å². The van der Waals surface area contributed by atoms with Crippen molar-refractivity contribution in [2.75, 3.05) is 0 Å². The van der Waals surface area contributed by atoms with E-state index in [9.17, 15) is 14.7 Å². The standard InChI is InChI=1S/C14H18ClNO3/c1-14(2,3)13(19)16-11(8-12(17)18)9-4-6-10(15)7-5-9/h4-7,11H,8H2,1-3H3,(H,16,19)(H,17,18)/p-1/t11-/m1/s1. The van der Waals surface area contributed by atoms with Gasteiger partial charge in [-0.1, -0.05) is 44.5 Å². The van der Waals surface area contributed by atoms with E-state index >= 15 is 0 Å². The molecule has 0 heterocycles. The zero-order chi connectivity index (χ0) is 14.6. The predicted molar refractivity (Wildman–Crippen MR) is 71.4 cm³/mol. The highest BCUT2D eigenvalue weighted by Gasteiger charge is 2.24. The van der Waals surface area contributed by atoms with Gasteiger partial charge < -0.3 is 15.2 Å². The van der Waals surface area contributed by atoms with Gasteiger partial charge in [0, 0.05) is 22.8 Å². The molecule has 0 aliphatic rings. The van der Waals surface area contributed by atoms with Crippen LogP contribution in [0.4, 0.5) is 0 Å². The van der Waals surface area contributed by atoms with Gasteiger partial charge in [-0.2, -0.15) is 0 Å². The van der Waals surface area contributed by atoms with E-state index in [1.54, 1.807) is 45.0 Å². The summed E-state index contributed by atoms with van der Waals surface area (Å²) in [6, 6.07) is 6.08. The summed E-state index contributed by atoms with van der Waals surface area (Å²) in [5.74, 6) is -1.43. The van der Waals surface area contributed by atoms with Crippen LogP contribution in [0.3, 0.4) is 0 Å². The van der Waals surface area contributed by atoms with Crippen LogP contribution in [0.1, 0.15) is 38.8 Å². The molecule has 19 heavy (non-hydrogen) atoms. The summed E-state index contributed by atoms with van der Waals surface area (Å²) < 4.78 is 0. The van der Waals surface area contributed by atoms with Crippen LogP contribution in [0.5, 0.6) is 0 Å². The second-order valence-corrected chi connectivity index (χ2v) is 5.84. The van der Waals surface area contributed by atoms with Gasteiger partial charge in [0.2, 0.25) is 5.91 Å². The van der Waals surface area contributed by atoms with E-state index in [1.807, 2.05) is 0 Å². The Labute approximate surface area is 117 Å². The normalized spacial score (nSPS) is 12.8. The molecule has 0 aromatic heterocycles. The second-order valence-electron chi connectivity index (χ2n) is 5.40. The van der Waals surface area contributed by atoms with E-state index in [0.717, 1.165) is 0 Å². The highest BCUT2D eigenvalue weighted by Crippen LogP contribution is 2.22. The molecule has 1 aromatic rings. The zero-order valence-corrected chi connectivity index (χ0v) is 12.0. The molecule has 1 aromatic carbocycles. The maximum absolute atomic E-state index is 11.9. The molecule has 1 N–H and O–H groups in total. The number of benzene rings is 1. The highest BCUT2D eigenvalue weighted by atomic mass is 35.5. The molecule has 0 radical (unpaired) electrons. The summed E-state index contributed by atoms with van der Waals surface area (Å²) in [6.07, 6.45) is -0.274. The van der Waals surface area contributed by atoms with E-state index in [1.165, 1.54) is 0 Å². The largest absolute Gasteiger partial charge is 0.550 e.